The van der Waals surface area contributed by atoms with E-state index in [0.29, 0.717) is 17.7 Å². The van der Waals surface area contributed by atoms with Crippen LogP contribution in [0.1, 0.15) is 35.9 Å². The number of hydrogen-bond donors (Lipinski definition) is 0. The van der Waals surface area contributed by atoms with Crippen molar-refractivity contribution in [2.75, 3.05) is 5.75 Å². The second-order valence-corrected chi connectivity index (χ2v) is 10.1. The first-order valence-corrected chi connectivity index (χ1v) is 12.7. The highest BCUT2D eigenvalue weighted by molar-refractivity contribution is 8.00. The summed E-state index contributed by atoms with van der Waals surface area (Å²) in [6, 6.07) is 13.8. The lowest BCUT2D eigenvalue weighted by Gasteiger charge is -2.06. The van der Waals surface area contributed by atoms with E-state index in [-0.39, 0.29) is 11.6 Å². The summed E-state index contributed by atoms with van der Waals surface area (Å²) >= 11 is 4.98. The number of para-hydroxylation sites is 1. The van der Waals surface area contributed by atoms with E-state index in [4.69, 9.17) is 0 Å². The predicted octanol–water partition coefficient (Wildman–Crippen LogP) is 6.09. The highest BCUT2D eigenvalue weighted by Crippen LogP contribution is 2.31. The molecule has 0 aliphatic heterocycles. The number of fused-ring (bicyclic) bond motifs is 1. The van der Waals surface area contributed by atoms with Crippen molar-refractivity contribution in [1.29, 1.82) is 0 Å². The molecule has 0 aliphatic rings. The zero-order valence-corrected chi connectivity index (χ0v) is 19.4. The smallest absolute Gasteiger partial charge is 0.191 e. The molecule has 0 saturated carbocycles. The minimum atomic E-state index is -0.330. The Kier molecular flexibility index (Phi) is 7.37. The third-order valence-corrected chi connectivity index (χ3v) is 7.88. The fourth-order valence-electron chi connectivity index (χ4n) is 3.07. The van der Waals surface area contributed by atoms with Crippen molar-refractivity contribution in [2.45, 2.75) is 41.6 Å². The molecule has 4 rings (SSSR count). The lowest BCUT2D eigenvalue weighted by Crippen LogP contribution is -2.03. The van der Waals surface area contributed by atoms with Gasteiger partial charge >= 0.3 is 0 Å². The minimum absolute atomic E-state index is 0.0329. The molecule has 0 fully saturated rings. The average molecular weight is 473 g/mol. The summed E-state index contributed by atoms with van der Waals surface area (Å²) in [6.45, 7) is 2.87. The Hall–Kier alpha value is -2.23. The molecule has 0 unspecified atom stereocenters. The number of carbonyl (C=O) groups excluding carboxylic acids is 1. The largest absolute Gasteiger partial charge is 0.306 e. The molecule has 0 aliphatic carbocycles. The fraction of sp³-hybridized carbons (Fsp3) is 0.273. The highest BCUT2D eigenvalue weighted by Gasteiger charge is 2.13. The molecular weight excluding hydrogens is 451 g/mol. The maximum absolute atomic E-state index is 13.0. The number of halogens is 1. The van der Waals surface area contributed by atoms with Crippen molar-refractivity contribution in [1.82, 2.24) is 19.7 Å². The van der Waals surface area contributed by atoms with E-state index in [1.807, 2.05) is 18.2 Å². The Labute approximate surface area is 192 Å². The zero-order valence-electron chi connectivity index (χ0n) is 17.0. The topological polar surface area (TPSA) is 60.7 Å². The summed E-state index contributed by atoms with van der Waals surface area (Å²) < 4.78 is 17.3. The normalized spacial score (nSPS) is 11.3. The van der Waals surface area contributed by atoms with Crippen LogP contribution in [-0.4, -0.2) is 31.3 Å². The first-order valence-electron chi connectivity index (χ1n) is 9.96. The highest BCUT2D eigenvalue weighted by atomic mass is 32.2. The monoisotopic (exact) mass is 472 g/mol. The fourth-order valence-corrected chi connectivity index (χ4v) is 6.03. The number of nitrogens with zero attached hydrogens (tertiary/aromatic N) is 4. The van der Waals surface area contributed by atoms with Gasteiger partial charge in [0.1, 0.15) is 11.6 Å². The van der Waals surface area contributed by atoms with E-state index in [1.165, 1.54) is 29.0 Å². The van der Waals surface area contributed by atoms with Crippen LogP contribution in [0.5, 0.6) is 0 Å². The van der Waals surface area contributed by atoms with Crippen LogP contribution in [0.25, 0.3) is 10.2 Å². The third kappa shape index (κ3) is 5.53. The number of thiazole rings is 1. The molecule has 2 aromatic heterocycles. The number of ketones is 1. The van der Waals surface area contributed by atoms with Crippen LogP contribution >= 0.6 is 34.9 Å². The quantitative estimate of drug-likeness (QED) is 0.158. The maximum Gasteiger partial charge on any atom is 0.191 e. The molecule has 4 aromatic rings. The average Bonchev–Trinajstić information content (AvgIpc) is 3.38. The van der Waals surface area contributed by atoms with Gasteiger partial charge in [-0.25, -0.2) is 9.37 Å². The van der Waals surface area contributed by atoms with Gasteiger partial charge in [0.2, 0.25) is 0 Å². The van der Waals surface area contributed by atoms with Gasteiger partial charge in [0.25, 0.3) is 0 Å². The lowest BCUT2D eigenvalue weighted by atomic mass is 10.1. The van der Waals surface area contributed by atoms with Gasteiger partial charge in [-0.3, -0.25) is 4.79 Å². The molecule has 0 radical (unpaired) electrons. The van der Waals surface area contributed by atoms with Crippen LogP contribution in [0.2, 0.25) is 0 Å². The molecule has 2 aromatic carbocycles. The van der Waals surface area contributed by atoms with Crippen molar-refractivity contribution in [3.8, 4) is 0 Å². The molecule has 0 spiro atoms. The number of benzene rings is 2. The zero-order chi connectivity index (χ0) is 21.6. The Morgan fingerprint density at radius 2 is 1.90 bits per heavy atom. The molecule has 160 valence electrons. The second kappa shape index (κ2) is 10.4. The molecule has 31 heavy (non-hydrogen) atoms. The van der Waals surface area contributed by atoms with E-state index < -0.39 is 0 Å². The Balaban J connectivity index is 1.29. The van der Waals surface area contributed by atoms with Crippen LogP contribution < -0.4 is 0 Å². The summed E-state index contributed by atoms with van der Waals surface area (Å²) in [5, 5.41) is 9.59. The Morgan fingerprint density at radius 1 is 1.10 bits per heavy atom. The van der Waals surface area contributed by atoms with Crippen molar-refractivity contribution in [3.05, 3.63) is 65.7 Å². The van der Waals surface area contributed by atoms with Crippen molar-refractivity contribution in [3.63, 3.8) is 0 Å². The van der Waals surface area contributed by atoms with E-state index in [2.05, 4.69) is 32.7 Å². The van der Waals surface area contributed by atoms with Crippen LogP contribution in [0.4, 0.5) is 4.39 Å². The number of hydrogen-bond acceptors (Lipinski definition) is 7. The van der Waals surface area contributed by atoms with Crippen LogP contribution in [-0.2, 0) is 12.3 Å². The molecule has 5 nitrogen and oxygen atoms in total. The van der Waals surface area contributed by atoms with E-state index in [0.717, 1.165) is 39.6 Å². The Bertz CT molecular complexity index is 1140. The second-order valence-electron chi connectivity index (χ2n) is 6.76. The molecular formula is C22H21FN4OS3. The standard InChI is InChI=1S/C22H21FN4OS3/c1-2-27-20(14-30-22-24-17-6-3-4-8-19(17)31-22)25-26-21(27)29-13-5-7-18(28)15-9-11-16(23)12-10-15/h3-4,6,8-12H,2,5,7,13-14H2,1H3. The Morgan fingerprint density at radius 3 is 2.68 bits per heavy atom. The van der Waals surface area contributed by atoms with Crippen molar-refractivity contribution >= 4 is 50.9 Å². The number of rotatable bonds is 10. The molecule has 0 bridgehead atoms. The van der Waals surface area contributed by atoms with Gasteiger partial charge in [0, 0.05) is 24.3 Å². The maximum atomic E-state index is 13.0. The molecule has 0 amide bonds. The van der Waals surface area contributed by atoms with Crippen LogP contribution in [0.3, 0.4) is 0 Å². The summed E-state index contributed by atoms with van der Waals surface area (Å²) in [5.74, 6) is 2.12. The number of thioether (sulfide) groups is 2. The first kappa shape index (κ1) is 22.0. The van der Waals surface area contributed by atoms with Gasteiger partial charge in [0.05, 0.1) is 16.0 Å². The summed E-state index contributed by atoms with van der Waals surface area (Å²) in [5.41, 5.74) is 1.58. The molecule has 2 heterocycles. The predicted molar refractivity (Wildman–Crippen MR) is 126 cm³/mol. The van der Waals surface area contributed by atoms with Gasteiger partial charge in [-0.15, -0.1) is 21.5 Å². The van der Waals surface area contributed by atoms with Crippen molar-refractivity contribution < 1.29 is 9.18 Å². The number of aromatic nitrogens is 4. The van der Waals surface area contributed by atoms with Crippen LogP contribution in [0, 0.1) is 5.82 Å². The van der Waals surface area contributed by atoms with E-state index >= 15 is 0 Å². The lowest BCUT2D eigenvalue weighted by molar-refractivity contribution is 0.0982. The van der Waals surface area contributed by atoms with Crippen molar-refractivity contribution in [2.24, 2.45) is 0 Å². The van der Waals surface area contributed by atoms with E-state index in [1.54, 1.807) is 34.9 Å². The number of carbonyl (C=O) groups is 1. The molecule has 0 saturated heterocycles. The summed E-state index contributed by atoms with van der Waals surface area (Å²) in [6.07, 6.45) is 1.16. The summed E-state index contributed by atoms with van der Waals surface area (Å²) in [7, 11) is 0. The van der Waals surface area contributed by atoms with Gasteiger partial charge in [-0.1, -0.05) is 35.7 Å². The first-order chi connectivity index (χ1) is 15.1. The van der Waals surface area contributed by atoms with Gasteiger partial charge < -0.3 is 4.57 Å². The van der Waals surface area contributed by atoms with Gasteiger partial charge in [-0.2, -0.15) is 0 Å². The number of Topliss-reactive ketones (excluding diaryl/α,β-unsaturated/α-hetero) is 1. The molecule has 0 atom stereocenters. The summed E-state index contributed by atoms with van der Waals surface area (Å²) in [4.78, 5) is 16.9. The van der Waals surface area contributed by atoms with Gasteiger partial charge in [0.15, 0.2) is 15.3 Å². The molecule has 0 N–H and O–H groups in total. The molecule has 9 heteroatoms. The van der Waals surface area contributed by atoms with Gasteiger partial charge in [-0.05, 0) is 49.7 Å². The third-order valence-electron chi connectivity index (χ3n) is 4.65. The SMILES string of the molecule is CCn1c(CSc2nc3ccccc3s2)nnc1SCCCC(=O)c1ccc(F)cc1. The van der Waals surface area contributed by atoms with Crippen LogP contribution in [0.15, 0.2) is 58.0 Å². The minimum Gasteiger partial charge on any atom is -0.306 e. The van der Waals surface area contributed by atoms with E-state index in [9.17, 15) is 9.18 Å².